The molecule has 18 heavy (non-hydrogen) atoms. The minimum Gasteiger partial charge on any atom is -0.475 e. The third-order valence-corrected chi connectivity index (χ3v) is 3.11. The molecule has 0 spiro atoms. The lowest BCUT2D eigenvalue weighted by atomic mass is 10.4. The minimum atomic E-state index is 0.671. The predicted molar refractivity (Wildman–Crippen MR) is 67.9 cm³/mol. The standard InChI is InChI=1S/C13H17N3O2/c1-2-4-16-12(3-1)11-13(14-16)18-10-7-15-5-8-17-9-6-15/h1-4,11H,5-10H2. The van der Waals surface area contributed by atoms with Crippen LogP contribution in [0.5, 0.6) is 5.88 Å². The first-order valence-corrected chi connectivity index (χ1v) is 6.29. The fourth-order valence-corrected chi connectivity index (χ4v) is 2.09. The molecule has 5 heteroatoms. The number of hydrogen-bond donors (Lipinski definition) is 0. The summed E-state index contributed by atoms with van der Waals surface area (Å²) in [6, 6.07) is 7.92. The molecule has 1 aliphatic heterocycles. The van der Waals surface area contributed by atoms with Crippen LogP contribution in [0.3, 0.4) is 0 Å². The Bertz CT molecular complexity index is 473. The van der Waals surface area contributed by atoms with Gasteiger partial charge in [-0.25, -0.2) is 4.52 Å². The Morgan fingerprint density at radius 2 is 2.17 bits per heavy atom. The number of aromatic nitrogens is 2. The Balaban J connectivity index is 1.53. The lowest BCUT2D eigenvalue weighted by molar-refractivity contribution is 0.0320. The van der Waals surface area contributed by atoms with Gasteiger partial charge in [-0.2, -0.15) is 0 Å². The van der Waals surface area contributed by atoms with Gasteiger partial charge in [0.15, 0.2) is 0 Å². The van der Waals surface area contributed by atoms with E-state index in [1.807, 2.05) is 35.0 Å². The number of hydrogen-bond acceptors (Lipinski definition) is 4. The summed E-state index contributed by atoms with van der Waals surface area (Å²) in [5, 5.41) is 4.35. The van der Waals surface area contributed by atoms with E-state index in [0.29, 0.717) is 12.5 Å². The molecule has 0 aliphatic carbocycles. The quantitative estimate of drug-likeness (QED) is 0.809. The van der Waals surface area contributed by atoms with Gasteiger partial charge in [-0.3, -0.25) is 4.90 Å². The average Bonchev–Trinajstić information content (AvgIpc) is 2.82. The largest absolute Gasteiger partial charge is 0.475 e. The van der Waals surface area contributed by atoms with Crippen LogP contribution < -0.4 is 4.74 Å². The zero-order valence-electron chi connectivity index (χ0n) is 10.3. The van der Waals surface area contributed by atoms with Crippen LogP contribution in [0, 0.1) is 0 Å². The number of fused-ring (bicyclic) bond motifs is 1. The van der Waals surface area contributed by atoms with Gasteiger partial charge in [0.1, 0.15) is 6.61 Å². The Kier molecular flexibility index (Phi) is 3.43. The van der Waals surface area contributed by atoms with Crippen molar-refractivity contribution in [3.05, 3.63) is 30.5 Å². The maximum absolute atomic E-state index is 5.68. The molecule has 3 rings (SSSR count). The third kappa shape index (κ3) is 2.63. The van der Waals surface area contributed by atoms with E-state index in [0.717, 1.165) is 38.4 Å². The second kappa shape index (κ2) is 5.37. The first-order valence-electron chi connectivity index (χ1n) is 6.29. The van der Waals surface area contributed by atoms with E-state index in [4.69, 9.17) is 9.47 Å². The zero-order chi connectivity index (χ0) is 12.2. The van der Waals surface area contributed by atoms with E-state index in [-0.39, 0.29) is 0 Å². The Morgan fingerprint density at radius 1 is 1.28 bits per heavy atom. The lowest BCUT2D eigenvalue weighted by Gasteiger charge is -2.26. The number of morpholine rings is 1. The van der Waals surface area contributed by atoms with Crippen molar-refractivity contribution in [2.24, 2.45) is 0 Å². The van der Waals surface area contributed by atoms with Crippen molar-refractivity contribution in [2.45, 2.75) is 0 Å². The molecule has 0 N–H and O–H groups in total. The molecule has 96 valence electrons. The molecule has 1 aliphatic rings. The number of pyridine rings is 1. The highest BCUT2D eigenvalue weighted by atomic mass is 16.5. The smallest absolute Gasteiger partial charge is 0.233 e. The highest BCUT2D eigenvalue weighted by Gasteiger charge is 2.10. The number of ether oxygens (including phenoxy) is 2. The molecule has 1 fully saturated rings. The summed E-state index contributed by atoms with van der Waals surface area (Å²) in [5.74, 6) is 0.689. The molecule has 3 heterocycles. The molecule has 2 aromatic rings. The molecule has 0 radical (unpaired) electrons. The summed E-state index contributed by atoms with van der Waals surface area (Å²) in [6.07, 6.45) is 1.92. The van der Waals surface area contributed by atoms with Gasteiger partial charge in [0.05, 0.1) is 18.7 Å². The molecule has 0 aromatic carbocycles. The summed E-state index contributed by atoms with van der Waals surface area (Å²) < 4.78 is 12.8. The molecular formula is C13H17N3O2. The summed E-state index contributed by atoms with van der Waals surface area (Å²) in [4.78, 5) is 2.35. The van der Waals surface area contributed by atoms with Gasteiger partial charge in [-0.05, 0) is 12.1 Å². The van der Waals surface area contributed by atoms with Crippen LogP contribution in [0.4, 0.5) is 0 Å². The maximum Gasteiger partial charge on any atom is 0.233 e. The molecule has 0 unspecified atom stereocenters. The van der Waals surface area contributed by atoms with Gasteiger partial charge in [0.25, 0.3) is 0 Å². The van der Waals surface area contributed by atoms with Crippen LogP contribution in [0.15, 0.2) is 30.5 Å². The van der Waals surface area contributed by atoms with Crippen molar-refractivity contribution in [1.29, 1.82) is 0 Å². The SMILES string of the molecule is c1ccn2nc(OCCN3CCOCC3)cc2c1. The summed E-state index contributed by atoms with van der Waals surface area (Å²) in [7, 11) is 0. The number of rotatable bonds is 4. The van der Waals surface area contributed by atoms with Crippen molar-refractivity contribution < 1.29 is 9.47 Å². The molecule has 0 saturated carbocycles. The summed E-state index contributed by atoms with van der Waals surface area (Å²) in [6.45, 7) is 5.24. The van der Waals surface area contributed by atoms with Gasteiger partial charge >= 0.3 is 0 Å². The van der Waals surface area contributed by atoms with Crippen molar-refractivity contribution in [3.8, 4) is 5.88 Å². The van der Waals surface area contributed by atoms with Gasteiger partial charge < -0.3 is 9.47 Å². The zero-order valence-corrected chi connectivity index (χ0v) is 10.3. The fraction of sp³-hybridized carbons (Fsp3) is 0.462. The molecule has 5 nitrogen and oxygen atoms in total. The van der Waals surface area contributed by atoms with Crippen LogP contribution in [-0.4, -0.2) is 54.0 Å². The van der Waals surface area contributed by atoms with E-state index in [1.54, 1.807) is 0 Å². The van der Waals surface area contributed by atoms with Crippen LogP contribution in [0.2, 0.25) is 0 Å². The second-order valence-corrected chi connectivity index (χ2v) is 4.36. The van der Waals surface area contributed by atoms with E-state index < -0.39 is 0 Å². The molecule has 0 amide bonds. The average molecular weight is 247 g/mol. The lowest BCUT2D eigenvalue weighted by Crippen LogP contribution is -2.38. The first-order chi connectivity index (χ1) is 8.92. The monoisotopic (exact) mass is 247 g/mol. The number of nitrogens with zero attached hydrogens (tertiary/aromatic N) is 3. The van der Waals surface area contributed by atoms with Gasteiger partial charge in [-0.1, -0.05) is 6.07 Å². The highest BCUT2D eigenvalue weighted by Crippen LogP contribution is 2.12. The van der Waals surface area contributed by atoms with Crippen LogP contribution in [0.25, 0.3) is 5.52 Å². The summed E-state index contributed by atoms with van der Waals surface area (Å²) in [5.41, 5.74) is 1.05. The Morgan fingerprint density at radius 3 is 3.00 bits per heavy atom. The van der Waals surface area contributed by atoms with E-state index >= 15 is 0 Å². The summed E-state index contributed by atoms with van der Waals surface area (Å²) >= 11 is 0. The minimum absolute atomic E-state index is 0.671. The third-order valence-electron chi connectivity index (χ3n) is 3.11. The van der Waals surface area contributed by atoms with Crippen LogP contribution >= 0.6 is 0 Å². The van der Waals surface area contributed by atoms with E-state index in [1.165, 1.54) is 0 Å². The predicted octanol–water partition coefficient (Wildman–Crippen LogP) is 1.05. The van der Waals surface area contributed by atoms with Crippen molar-refractivity contribution >= 4 is 5.52 Å². The molecular weight excluding hydrogens is 230 g/mol. The Hall–Kier alpha value is -1.59. The van der Waals surface area contributed by atoms with Gasteiger partial charge in [0.2, 0.25) is 5.88 Å². The van der Waals surface area contributed by atoms with Crippen LogP contribution in [-0.2, 0) is 4.74 Å². The van der Waals surface area contributed by atoms with Crippen molar-refractivity contribution in [1.82, 2.24) is 14.5 Å². The van der Waals surface area contributed by atoms with Gasteiger partial charge in [-0.15, -0.1) is 5.10 Å². The van der Waals surface area contributed by atoms with E-state index in [9.17, 15) is 0 Å². The van der Waals surface area contributed by atoms with Crippen LogP contribution in [0.1, 0.15) is 0 Å². The first kappa shape index (κ1) is 11.5. The maximum atomic E-state index is 5.68. The van der Waals surface area contributed by atoms with Crippen molar-refractivity contribution in [3.63, 3.8) is 0 Å². The molecule has 0 bridgehead atoms. The highest BCUT2D eigenvalue weighted by molar-refractivity contribution is 5.48. The van der Waals surface area contributed by atoms with Crippen molar-refractivity contribution in [2.75, 3.05) is 39.5 Å². The second-order valence-electron chi connectivity index (χ2n) is 4.36. The van der Waals surface area contributed by atoms with Gasteiger partial charge in [0, 0.05) is 31.9 Å². The molecule has 2 aromatic heterocycles. The molecule has 0 atom stereocenters. The topological polar surface area (TPSA) is 39.0 Å². The fourth-order valence-electron chi connectivity index (χ4n) is 2.09. The Labute approximate surface area is 106 Å². The normalized spacial score (nSPS) is 17.1. The van der Waals surface area contributed by atoms with E-state index in [2.05, 4.69) is 10.00 Å². The molecule has 1 saturated heterocycles.